The molecule has 0 radical (unpaired) electrons. The first-order chi connectivity index (χ1) is 9.75. The number of nitrogens with zero attached hydrogens (tertiary/aromatic N) is 1. The van der Waals surface area contributed by atoms with E-state index in [9.17, 15) is 4.79 Å². The molecule has 0 spiro atoms. The van der Waals surface area contributed by atoms with Crippen LogP contribution in [-0.2, 0) is 4.79 Å². The average Bonchev–Trinajstić information content (AvgIpc) is 3.27. The quantitative estimate of drug-likeness (QED) is 0.871. The molecule has 20 heavy (non-hydrogen) atoms. The maximum absolute atomic E-state index is 12.0. The number of amides is 1. The van der Waals surface area contributed by atoms with Crippen LogP contribution >= 0.6 is 0 Å². The molecule has 0 aromatic heterocycles. The second-order valence-electron chi connectivity index (χ2n) is 5.89. The molecule has 3 N–H and O–H groups in total. The second-order valence-corrected chi connectivity index (χ2v) is 5.89. The van der Waals surface area contributed by atoms with Crippen molar-refractivity contribution >= 4 is 5.91 Å². The Hall–Kier alpha value is -1.39. The lowest BCUT2D eigenvalue weighted by Crippen LogP contribution is -2.39. The number of nitrogens with two attached hydrogens (primary N) is 1. The van der Waals surface area contributed by atoms with Gasteiger partial charge in [-0.05, 0) is 42.9 Å². The molecule has 1 saturated heterocycles. The van der Waals surface area contributed by atoms with Gasteiger partial charge < -0.3 is 11.1 Å². The van der Waals surface area contributed by atoms with Gasteiger partial charge in [0.25, 0.3) is 0 Å². The topological polar surface area (TPSA) is 58.4 Å². The van der Waals surface area contributed by atoms with Crippen molar-refractivity contribution in [1.82, 2.24) is 10.2 Å². The van der Waals surface area contributed by atoms with E-state index in [1.54, 1.807) is 0 Å². The van der Waals surface area contributed by atoms with Crippen LogP contribution in [0.2, 0.25) is 0 Å². The molecular weight excluding hydrogens is 250 g/mol. The van der Waals surface area contributed by atoms with Crippen molar-refractivity contribution in [3.05, 3.63) is 35.4 Å². The van der Waals surface area contributed by atoms with Crippen LogP contribution in [0.3, 0.4) is 0 Å². The van der Waals surface area contributed by atoms with E-state index in [2.05, 4.69) is 28.4 Å². The number of benzene rings is 1. The Labute approximate surface area is 120 Å². The highest BCUT2D eigenvalue weighted by atomic mass is 16.1. The highest BCUT2D eigenvalue weighted by Crippen LogP contribution is 2.40. The van der Waals surface area contributed by atoms with Gasteiger partial charge in [-0.3, -0.25) is 9.69 Å². The zero-order valence-corrected chi connectivity index (χ0v) is 11.8. The minimum absolute atomic E-state index is 0.236. The van der Waals surface area contributed by atoms with Gasteiger partial charge >= 0.3 is 0 Å². The van der Waals surface area contributed by atoms with Crippen LogP contribution in [0.1, 0.15) is 42.3 Å². The molecule has 3 rings (SSSR count). The number of nitrogens with one attached hydrogen (secondary N) is 1. The Balaban J connectivity index is 1.85. The molecule has 1 amide bonds. The summed E-state index contributed by atoms with van der Waals surface area (Å²) in [5.74, 6) is 0.467. The molecule has 4 nitrogen and oxygen atoms in total. The van der Waals surface area contributed by atoms with E-state index in [1.807, 2.05) is 6.07 Å². The molecule has 2 aliphatic rings. The summed E-state index contributed by atoms with van der Waals surface area (Å²) in [6.07, 6.45) is 3.61. The third-order valence-corrected chi connectivity index (χ3v) is 4.28. The molecule has 108 valence electrons. The van der Waals surface area contributed by atoms with Gasteiger partial charge in [0.1, 0.15) is 6.04 Å². The Kier molecular flexibility index (Phi) is 4.03. The number of primary amides is 1. The zero-order valence-electron chi connectivity index (χ0n) is 11.8. The molecule has 1 saturated carbocycles. The lowest BCUT2D eigenvalue weighted by Gasteiger charge is -2.28. The summed E-state index contributed by atoms with van der Waals surface area (Å²) in [6, 6.07) is 8.18. The van der Waals surface area contributed by atoms with Gasteiger partial charge in [0, 0.05) is 19.6 Å². The number of carbonyl (C=O) groups excluding carboxylic acids is 1. The van der Waals surface area contributed by atoms with E-state index in [1.165, 1.54) is 18.4 Å². The third kappa shape index (κ3) is 3.02. The van der Waals surface area contributed by atoms with Gasteiger partial charge in [0.15, 0.2) is 0 Å². The highest BCUT2D eigenvalue weighted by Gasteiger charge is 2.28. The van der Waals surface area contributed by atoms with Gasteiger partial charge in [0.05, 0.1) is 0 Å². The van der Waals surface area contributed by atoms with Crippen LogP contribution in [0.5, 0.6) is 0 Å². The van der Waals surface area contributed by atoms with Gasteiger partial charge in [-0.2, -0.15) is 0 Å². The highest BCUT2D eigenvalue weighted by molar-refractivity contribution is 5.81. The average molecular weight is 273 g/mol. The zero-order chi connectivity index (χ0) is 13.9. The summed E-state index contributed by atoms with van der Waals surface area (Å²) in [4.78, 5) is 14.2. The van der Waals surface area contributed by atoms with Crippen LogP contribution in [0.25, 0.3) is 0 Å². The molecule has 1 unspecified atom stereocenters. The van der Waals surface area contributed by atoms with Gasteiger partial charge in [0.2, 0.25) is 5.91 Å². The summed E-state index contributed by atoms with van der Waals surface area (Å²) in [7, 11) is 0. The number of rotatable bonds is 4. The van der Waals surface area contributed by atoms with Gasteiger partial charge in [-0.25, -0.2) is 0 Å². The van der Waals surface area contributed by atoms with E-state index in [4.69, 9.17) is 5.73 Å². The minimum atomic E-state index is -0.284. The number of hydrogen-bond donors (Lipinski definition) is 2. The molecule has 0 bridgehead atoms. The van der Waals surface area contributed by atoms with Crippen LogP contribution < -0.4 is 11.1 Å². The number of hydrogen-bond acceptors (Lipinski definition) is 3. The summed E-state index contributed by atoms with van der Waals surface area (Å²) < 4.78 is 0. The fraction of sp³-hybridized carbons (Fsp3) is 0.562. The second kappa shape index (κ2) is 5.94. The first-order valence-electron chi connectivity index (χ1n) is 7.59. The first-order valence-corrected chi connectivity index (χ1v) is 7.59. The monoisotopic (exact) mass is 273 g/mol. The van der Waals surface area contributed by atoms with Crippen LogP contribution in [0.15, 0.2) is 24.3 Å². The molecule has 1 aromatic carbocycles. The standard InChI is InChI=1S/C16H23N3O/c17-16(20)15(19-9-2-7-18-8-10-19)14-4-1-3-13(11-14)12-5-6-12/h1,3-4,11-12,15,18H,2,5-10H2,(H2,17,20). The Morgan fingerprint density at radius 3 is 2.90 bits per heavy atom. The van der Waals surface area contributed by atoms with E-state index < -0.39 is 0 Å². The smallest absolute Gasteiger partial charge is 0.239 e. The van der Waals surface area contributed by atoms with Crippen LogP contribution in [-0.4, -0.2) is 37.0 Å². The fourth-order valence-corrected chi connectivity index (χ4v) is 3.08. The summed E-state index contributed by atoms with van der Waals surface area (Å²) in [5, 5.41) is 3.37. The molecule has 1 aliphatic heterocycles. The van der Waals surface area contributed by atoms with Crippen molar-refractivity contribution in [3.8, 4) is 0 Å². The van der Waals surface area contributed by atoms with Crippen molar-refractivity contribution in [2.75, 3.05) is 26.2 Å². The lowest BCUT2D eigenvalue weighted by atomic mass is 10.00. The minimum Gasteiger partial charge on any atom is -0.368 e. The third-order valence-electron chi connectivity index (χ3n) is 4.28. The lowest BCUT2D eigenvalue weighted by molar-refractivity contribution is -0.123. The molecule has 1 atom stereocenters. The van der Waals surface area contributed by atoms with E-state index in [0.29, 0.717) is 5.92 Å². The van der Waals surface area contributed by atoms with Crippen molar-refractivity contribution in [1.29, 1.82) is 0 Å². The van der Waals surface area contributed by atoms with Crippen LogP contribution in [0.4, 0.5) is 0 Å². The summed E-state index contributed by atoms with van der Waals surface area (Å²) >= 11 is 0. The predicted octanol–water partition coefficient (Wildman–Crippen LogP) is 1.39. The van der Waals surface area contributed by atoms with Crippen molar-refractivity contribution < 1.29 is 4.79 Å². The molecule has 1 heterocycles. The Morgan fingerprint density at radius 2 is 2.15 bits per heavy atom. The predicted molar refractivity (Wildman–Crippen MR) is 79.4 cm³/mol. The van der Waals surface area contributed by atoms with E-state index >= 15 is 0 Å². The normalized spacial score (nSPS) is 22.2. The summed E-state index contributed by atoms with van der Waals surface area (Å²) in [5.41, 5.74) is 8.11. The largest absolute Gasteiger partial charge is 0.368 e. The van der Waals surface area contributed by atoms with Crippen LogP contribution in [0, 0.1) is 0 Å². The maximum atomic E-state index is 12.0. The van der Waals surface area contributed by atoms with Crippen molar-refractivity contribution in [3.63, 3.8) is 0 Å². The van der Waals surface area contributed by atoms with Crippen molar-refractivity contribution in [2.45, 2.75) is 31.2 Å². The first kappa shape index (κ1) is 13.6. The summed E-state index contributed by atoms with van der Waals surface area (Å²) in [6.45, 7) is 3.74. The molecular formula is C16H23N3O. The molecule has 4 heteroatoms. The fourth-order valence-electron chi connectivity index (χ4n) is 3.08. The molecule has 1 aromatic rings. The van der Waals surface area contributed by atoms with Crippen molar-refractivity contribution in [2.24, 2.45) is 5.73 Å². The SMILES string of the molecule is NC(=O)C(c1cccc(C2CC2)c1)N1CCCNCC1. The molecule has 1 aliphatic carbocycles. The Morgan fingerprint density at radius 1 is 1.30 bits per heavy atom. The van der Waals surface area contributed by atoms with Gasteiger partial charge in [-0.1, -0.05) is 24.3 Å². The Bertz CT molecular complexity index is 476. The van der Waals surface area contributed by atoms with Gasteiger partial charge in [-0.15, -0.1) is 0 Å². The van der Waals surface area contributed by atoms with E-state index in [0.717, 1.165) is 38.2 Å². The molecule has 2 fully saturated rings. The maximum Gasteiger partial charge on any atom is 0.239 e. The number of carbonyl (C=O) groups is 1. The van der Waals surface area contributed by atoms with E-state index in [-0.39, 0.29) is 11.9 Å².